The average Bonchev–Trinajstić information content (AvgIpc) is 2.14. The van der Waals surface area contributed by atoms with Crippen LogP contribution in [0.4, 0.5) is 0 Å². The summed E-state index contributed by atoms with van der Waals surface area (Å²) in [6.07, 6.45) is 0.874. The third-order valence-electron chi connectivity index (χ3n) is 2.78. The molecule has 2 nitrogen and oxygen atoms in total. The number of hydrogen-bond donors (Lipinski definition) is 0. The highest BCUT2D eigenvalue weighted by molar-refractivity contribution is 6.29. The minimum absolute atomic E-state index is 0.112. The van der Waals surface area contributed by atoms with Gasteiger partial charge in [-0.05, 0) is 24.5 Å². The van der Waals surface area contributed by atoms with Crippen molar-refractivity contribution in [2.45, 2.75) is 26.2 Å². The van der Waals surface area contributed by atoms with E-state index in [-0.39, 0.29) is 11.7 Å². The van der Waals surface area contributed by atoms with Gasteiger partial charge in [-0.25, -0.2) is 4.98 Å². The van der Waals surface area contributed by atoms with E-state index in [0.29, 0.717) is 11.1 Å². The van der Waals surface area contributed by atoms with E-state index in [9.17, 15) is 4.79 Å². The SMILES string of the molecule is CC1CC(C)c2nc(Cl)ccc2C1=O. The molecule has 0 saturated heterocycles. The van der Waals surface area contributed by atoms with Gasteiger partial charge in [-0.3, -0.25) is 4.79 Å². The van der Waals surface area contributed by atoms with Crippen LogP contribution in [0.25, 0.3) is 0 Å². The summed E-state index contributed by atoms with van der Waals surface area (Å²) in [7, 11) is 0. The number of fused-ring (bicyclic) bond motifs is 1. The summed E-state index contributed by atoms with van der Waals surface area (Å²) in [6, 6.07) is 3.47. The molecular formula is C11H12ClNO. The highest BCUT2D eigenvalue weighted by atomic mass is 35.5. The van der Waals surface area contributed by atoms with Gasteiger partial charge in [0.15, 0.2) is 5.78 Å². The number of carbonyl (C=O) groups excluding carboxylic acids is 1. The molecular weight excluding hydrogens is 198 g/mol. The molecule has 14 heavy (non-hydrogen) atoms. The molecule has 1 aromatic heterocycles. The molecule has 0 bridgehead atoms. The second-order valence-corrected chi connectivity index (χ2v) is 4.36. The number of nitrogens with zero attached hydrogens (tertiary/aromatic N) is 1. The summed E-state index contributed by atoms with van der Waals surface area (Å²) in [5.41, 5.74) is 1.61. The molecule has 0 N–H and O–H groups in total. The molecule has 0 aliphatic heterocycles. The maximum atomic E-state index is 11.8. The fraction of sp³-hybridized carbons (Fsp3) is 0.455. The van der Waals surface area contributed by atoms with E-state index in [4.69, 9.17) is 11.6 Å². The standard InChI is InChI=1S/C11H12ClNO/c1-6-5-7(2)11(14)8-3-4-9(12)13-10(6)8/h3-4,6-7H,5H2,1-2H3. The van der Waals surface area contributed by atoms with Crippen LogP contribution >= 0.6 is 11.6 Å². The zero-order valence-electron chi connectivity index (χ0n) is 8.25. The topological polar surface area (TPSA) is 30.0 Å². The lowest BCUT2D eigenvalue weighted by molar-refractivity contribution is 0.0905. The van der Waals surface area contributed by atoms with Gasteiger partial charge in [0.05, 0.1) is 5.69 Å². The lowest BCUT2D eigenvalue weighted by Crippen LogP contribution is -2.23. The molecule has 2 rings (SSSR count). The predicted octanol–water partition coefficient (Wildman–Crippen LogP) is 3.06. The van der Waals surface area contributed by atoms with Crippen LogP contribution < -0.4 is 0 Å². The van der Waals surface area contributed by atoms with E-state index in [1.54, 1.807) is 12.1 Å². The Morgan fingerprint density at radius 1 is 1.36 bits per heavy atom. The number of hydrogen-bond acceptors (Lipinski definition) is 2. The molecule has 0 radical (unpaired) electrons. The molecule has 1 heterocycles. The van der Waals surface area contributed by atoms with E-state index >= 15 is 0 Å². The fourth-order valence-corrected chi connectivity index (χ4v) is 2.20. The zero-order valence-corrected chi connectivity index (χ0v) is 9.01. The number of aromatic nitrogens is 1. The van der Waals surface area contributed by atoms with Crippen molar-refractivity contribution in [3.8, 4) is 0 Å². The van der Waals surface area contributed by atoms with Gasteiger partial charge in [-0.1, -0.05) is 25.4 Å². The highest BCUT2D eigenvalue weighted by Crippen LogP contribution is 2.33. The molecule has 2 unspecified atom stereocenters. The van der Waals surface area contributed by atoms with Crippen molar-refractivity contribution in [3.05, 3.63) is 28.5 Å². The molecule has 2 atom stereocenters. The van der Waals surface area contributed by atoms with E-state index in [2.05, 4.69) is 11.9 Å². The van der Waals surface area contributed by atoms with Crippen LogP contribution in [0.3, 0.4) is 0 Å². The third-order valence-corrected chi connectivity index (χ3v) is 2.99. The Morgan fingerprint density at radius 3 is 2.79 bits per heavy atom. The number of pyridine rings is 1. The molecule has 3 heteroatoms. The highest BCUT2D eigenvalue weighted by Gasteiger charge is 2.29. The van der Waals surface area contributed by atoms with Crippen LogP contribution in [0.2, 0.25) is 5.15 Å². The van der Waals surface area contributed by atoms with E-state index < -0.39 is 0 Å². The molecule has 1 aliphatic rings. The second kappa shape index (κ2) is 3.35. The first-order valence-corrected chi connectivity index (χ1v) is 5.18. The van der Waals surface area contributed by atoms with Gasteiger partial charge in [-0.2, -0.15) is 0 Å². The molecule has 0 fully saturated rings. The van der Waals surface area contributed by atoms with Gasteiger partial charge in [0, 0.05) is 11.5 Å². The summed E-state index contributed by atoms with van der Waals surface area (Å²) in [6.45, 7) is 4.06. The lowest BCUT2D eigenvalue weighted by Gasteiger charge is -2.24. The van der Waals surface area contributed by atoms with Crippen LogP contribution in [-0.2, 0) is 0 Å². The summed E-state index contributed by atoms with van der Waals surface area (Å²) >= 11 is 5.80. The molecule has 74 valence electrons. The number of carbonyl (C=O) groups is 1. The summed E-state index contributed by atoms with van der Waals surface area (Å²) in [5.74, 6) is 0.638. The van der Waals surface area contributed by atoms with Gasteiger partial charge in [0.1, 0.15) is 5.15 Å². The smallest absolute Gasteiger partial charge is 0.167 e. The average molecular weight is 210 g/mol. The number of Topliss-reactive ketones (excluding diaryl/α,β-unsaturated/α-hetero) is 1. The van der Waals surface area contributed by atoms with Crippen molar-refractivity contribution in [2.24, 2.45) is 5.92 Å². The second-order valence-electron chi connectivity index (χ2n) is 3.97. The van der Waals surface area contributed by atoms with Gasteiger partial charge >= 0.3 is 0 Å². The third kappa shape index (κ3) is 1.44. The van der Waals surface area contributed by atoms with Gasteiger partial charge in [-0.15, -0.1) is 0 Å². The Hall–Kier alpha value is -0.890. The van der Waals surface area contributed by atoms with Gasteiger partial charge in [0.25, 0.3) is 0 Å². The number of rotatable bonds is 0. The fourth-order valence-electron chi connectivity index (χ4n) is 2.05. The van der Waals surface area contributed by atoms with Crippen LogP contribution in [-0.4, -0.2) is 10.8 Å². The normalized spacial score (nSPS) is 26.1. The molecule has 0 saturated carbocycles. The van der Waals surface area contributed by atoms with Crippen LogP contribution in [0, 0.1) is 5.92 Å². The van der Waals surface area contributed by atoms with Crippen LogP contribution in [0.5, 0.6) is 0 Å². The predicted molar refractivity (Wildman–Crippen MR) is 55.8 cm³/mol. The summed E-state index contributed by atoms with van der Waals surface area (Å²) < 4.78 is 0. The number of halogens is 1. The minimum atomic E-state index is 0.112. The largest absolute Gasteiger partial charge is 0.294 e. The maximum absolute atomic E-state index is 11.8. The van der Waals surface area contributed by atoms with E-state index in [0.717, 1.165) is 17.7 Å². The molecule has 0 amide bonds. The van der Waals surface area contributed by atoms with Crippen molar-refractivity contribution in [2.75, 3.05) is 0 Å². The van der Waals surface area contributed by atoms with Crippen molar-refractivity contribution in [1.82, 2.24) is 4.98 Å². The monoisotopic (exact) mass is 209 g/mol. The summed E-state index contributed by atoms with van der Waals surface area (Å²) in [4.78, 5) is 16.0. The van der Waals surface area contributed by atoms with Crippen molar-refractivity contribution in [1.29, 1.82) is 0 Å². The first kappa shape index (κ1) is 9.66. The Kier molecular flexibility index (Phi) is 2.31. The van der Waals surface area contributed by atoms with E-state index in [1.165, 1.54) is 0 Å². The molecule has 1 aliphatic carbocycles. The molecule has 0 aromatic carbocycles. The van der Waals surface area contributed by atoms with Crippen molar-refractivity contribution >= 4 is 17.4 Å². The van der Waals surface area contributed by atoms with E-state index in [1.807, 2.05) is 6.92 Å². The zero-order chi connectivity index (χ0) is 10.3. The van der Waals surface area contributed by atoms with Crippen molar-refractivity contribution in [3.63, 3.8) is 0 Å². The van der Waals surface area contributed by atoms with Gasteiger partial charge < -0.3 is 0 Å². The first-order valence-electron chi connectivity index (χ1n) is 4.80. The van der Waals surface area contributed by atoms with Gasteiger partial charge in [0.2, 0.25) is 0 Å². The Bertz CT molecular complexity index is 389. The lowest BCUT2D eigenvalue weighted by atomic mass is 9.80. The number of ketones is 1. The molecule has 0 spiro atoms. The van der Waals surface area contributed by atoms with Crippen LogP contribution in [0.1, 0.15) is 42.2 Å². The molecule has 1 aromatic rings. The first-order chi connectivity index (χ1) is 6.59. The van der Waals surface area contributed by atoms with Crippen LogP contribution in [0.15, 0.2) is 12.1 Å². The quantitative estimate of drug-likeness (QED) is 0.615. The maximum Gasteiger partial charge on any atom is 0.167 e. The summed E-state index contributed by atoms with van der Waals surface area (Å²) in [5, 5.41) is 0.470. The van der Waals surface area contributed by atoms with Crippen molar-refractivity contribution < 1.29 is 4.79 Å². The Labute approximate surface area is 88.3 Å². The Morgan fingerprint density at radius 2 is 2.07 bits per heavy atom. The Balaban J connectivity index is 2.56. The minimum Gasteiger partial charge on any atom is -0.294 e.